The summed E-state index contributed by atoms with van der Waals surface area (Å²) in [6.07, 6.45) is 0.762. The Morgan fingerprint density at radius 1 is 1.78 bits per heavy atom. The molecule has 2 saturated heterocycles. The van der Waals surface area contributed by atoms with Gasteiger partial charge in [0.15, 0.2) is 0 Å². The lowest BCUT2D eigenvalue weighted by Gasteiger charge is -2.43. The molecule has 1 amide bonds. The summed E-state index contributed by atoms with van der Waals surface area (Å²) in [6.45, 7) is 3.12. The highest BCUT2D eigenvalue weighted by Crippen LogP contribution is 2.45. The highest BCUT2D eigenvalue weighted by molar-refractivity contribution is 8.01. The fraction of sp³-hybridized carbons (Fsp3) is 0.833. The Hall–Kier alpha value is -0.180. The average Bonchev–Trinajstić information content (AvgIpc) is 2.06. The van der Waals surface area contributed by atoms with Gasteiger partial charge >= 0.3 is 0 Å². The minimum Gasteiger partial charge on any atom is -0.327 e. The van der Waals surface area contributed by atoms with Gasteiger partial charge in [0, 0.05) is 12.3 Å². The van der Waals surface area contributed by atoms with Crippen LogP contribution in [0.25, 0.3) is 0 Å². The first-order valence-electron chi connectivity index (χ1n) is 3.17. The fourth-order valence-electron chi connectivity index (χ4n) is 1.49. The highest BCUT2D eigenvalue weighted by Gasteiger charge is 2.50. The van der Waals surface area contributed by atoms with Gasteiger partial charge in [-0.15, -0.1) is 11.8 Å². The molecular formula is C6H9NOS. The molecule has 0 saturated carbocycles. The summed E-state index contributed by atoms with van der Waals surface area (Å²) in [5, 5.41) is 0. The number of nitrogens with zero attached hydrogens (tertiary/aromatic N) is 1. The molecule has 2 aliphatic rings. The van der Waals surface area contributed by atoms with Gasteiger partial charge in [0.05, 0.1) is 11.3 Å². The molecule has 2 aliphatic heterocycles. The lowest BCUT2D eigenvalue weighted by Crippen LogP contribution is -2.56. The number of rotatable bonds is 0. The van der Waals surface area contributed by atoms with Crippen molar-refractivity contribution < 1.29 is 4.79 Å². The second-order valence-corrected chi connectivity index (χ2v) is 4.32. The minimum atomic E-state index is 0.205. The first-order chi connectivity index (χ1) is 4.22. The van der Waals surface area contributed by atoms with Crippen LogP contribution in [0.2, 0.25) is 0 Å². The summed E-state index contributed by atoms with van der Waals surface area (Å²) in [6, 6.07) is 0. The molecule has 0 aromatic rings. The van der Waals surface area contributed by atoms with Crippen LogP contribution in [0.4, 0.5) is 0 Å². The van der Waals surface area contributed by atoms with E-state index in [9.17, 15) is 4.79 Å². The topological polar surface area (TPSA) is 20.3 Å². The molecule has 0 spiro atoms. The summed E-state index contributed by atoms with van der Waals surface area (Å²) in [7, 11) is 0. The zero-order valence-corrected chi connectivity index (χ0v) is 6.20. The molecule has 2 heterocycles. The molecule has 2 fully saturated rings. The molecule has 1 unspecified atom stereocenters. The third-order valence-electron chi connectivity index (χ3n) is 2.08. The second-order valence-electron chi connectivity index (χ2n) is 2.75. The van der Waals surface area contributed by atoms with E-state index in [1.54, 1.807) is 0 Å². The van der Waals surface area contributed by atoms with Gasteiger partial charge in [-0.3, -0.25) is 4.79 Å². The van der Waals surface area contributed by atoms with E-state index in [4.69, 9.17) is 0 Å². The van der Waals surface area contributed by atoms with Crippen molar-refractivity contribution >= 4 is 17.7 Å². The maximum atomic E-state index is 10.8. The first-order valence-corrected chi connectivity index (χ1v) is 4.15. The zero-order valence-electron chi connectivity index (χ0n) is 5.39. The number of carbonyl (C=O) groups is 1. The quantitative estimate of drug-likeness (QED) is 0.465. The SMILES string of the molecule is CC12CC(=O)N1CCS2. The van der Waals surface area contributed by atoms with E-state index in [1.807, 2.05) is 16.7 Å². The molecule has 0 aromatic heterocycles. The van der Waals surface area contributed by atoms with E-state index in [0.29, 0.717) is 5.91 Å². The van der Waals surface area contributed by atoms with Crippen LogP contribution in [-0.2, 0) is 4.79 Å². The van der Waals surface area contributed by atoms with Crippen molar-refractivity contribution in [3.63, 3.8) is 0 Å². The Balaban J connectivity index is 2.21. The van der Waals surface area contributed by atoms with Crippen LogP contribution in [0.5, 0.6) is 0 Å². The molecule has 0 aromatic carbocycles. The summed E-state index contributed by atoms with van der Waals surface area (Å²) < 4.78 is 0. The average molecular weight is 143 g/mol. The molecule has 50 valence electrons. The Kier molecular flexibility index (Phi) is 0.903. The summed E-state index contributed by atoms with van der Waals surface area (Å²) in [4.78, 5) is 13.0. The van der Waals surface area contributed by atoms with Crippen LogP contribution in [0.1, 0.15) is 13.3 Å². The number of amides is 1. The van der Waals surface area contributed by atoms with Crippen LogP contribution < -0.4 is 0 Å². The lowest BCUT2D eigenvalue weighted by molar-refractivity contribution is -0.145. The monoisotopic (exact) mass is 143 g/mol. The predicted octanol–water partition coefficient (Wildman–Crippen LogP) is 0.682. The number of hydrogen-bond donors (Lipinski definition) is 0. The van der Waals surface area contributed by atoms with Gasteiger partial charge in [-0.2, -0.15) is 0 Å². The van der Waals surface area contributed by atoms with E-state index < -0.39 is 0 Å². The van der Waals surface area contributed by atoms with Crippen molar-refractivity contribution in [1.82, 2.24) is 4.90 Å². The Bertz CT molecular complexity index is 170. The normalized spacial score (nSPS) is 40.6. The molecule has 1 atom stereocenters. The molecular weight excluding hydrogens is 134 g/mol. The van der Waals surface area contributed by atoms with Crippen molar-refractivity contribution in [2.24, 2.45) is 0 Å². The van der Waals surface area contributed by atoms with E-state index in [0.717, 1.165) is 18.7 Å². The van der Waals surface area contributed by atoms with E-state index >= 15 is 0 Å². The van der Waals surface area contributed by atoms with Crippen LogP contribution in [0, 0.1) is 0 Å². The molecule has 3 heteroatoms. The van der Waals surface area contributed by atoms with Crippen molar-refractivity contribution in [3.05, 3.63) is 0 Å². The van der Waals surface area contributed by atoms with Gasteiger partial charge in [0.2, 0.25) is 5.91 Å². The van der Waals surface area contributed by atoms with Crippen LogP contribution in [-0.4, -0.2) is 28.0 Å². The summed E-state index contributed by atoms with van der Waals surface area (Å²) >= 11 is 1.90. The van der Waals surface area contributed by atoms with Gasteiger partial charge in [-0.05, 0) is 6.92 Å². The fourth-order valence-corrected chi connectivity index (χ4v) is 2.78. The van der Waals surface area contributed by atoms with Crippen molar-refractivity contribution in [1.29, 1.82) is 0 Å². The predicted molar refractivity (Wildman–Crippen MR) is 37.2 cm³/mol. The van der Waals surface area contributed by atoms with Gasteiger partial charge in [0.1, 0.15) is 0 Å². The number of fused-ring (bicyclic) bond motifs is 1. The van der Waals surface area contributed by atoms with Gasteiger partial charge in [0.25, 0.3) is 0 Å². The van der Waals surface area contributed by atoms with Crippen LogP contribution in [0.15, 0.2) is 0 Å². The smallest absolute Gasteiger partial charge is 0.226 e. The zero-order chi connectivity index (χ0) is 6.48. The van der Waals surface area contributed by atoms with Crippen molar-refractivity contribution in [2.75, 3.05) is 12.3 Å². The Morgan fingerprint density at radius 2 is 2.56 bits per heavy atom. The second kappa shape index (κ2) is 1.45. The highest BCUT2D eigenvalue weighted by atomic mass is 32.2. The van der Waals surface area contributed by atoms with Crippen LogP contribution >= 0.6 is 11.8 Å². The third-order valence-corrected chi connectivity index (χ3v) is 3.45. The van der Waals surface area contributed by atoms with E-state index in [1.165, 1.54) is 0 Å². The molecule has 9 heavy (non-hydrogen) atoms. The maximum Gasteiger partial charge on any atom is 0.226 e. The molecule has 0 aliphatic carbocycles. The largest absolute Gasteiger partial charge is 0.327 e. The molecule has 0 radical (unpaired) electrons. The number of hydrogen-bond acceptors (Lipinski definition) is 2. The Labute approximate surface area is 58.6 Å². The third kappa shape index (κ3) is 0.556. The van der Waals surface area contributed by atoms with Crippen molar-refractivity contribution in [3.8, 4) is 0 Å². The molecule has 0 bridgehead atoms. The molecule has 2 rings (SSSR count). The van der Waals surface area contributed by atoms with Gasteiger partial charge < -0.3 is 4.90 Å². The standard InChI is InChI=1S/C6H9NOS/c1-6-4-5(8)7(6)2-3-9-6/h2-4H2,1H3. The number of β-lactam (4-membered cyclic amide) rings is 1. The summed E-state index contributed by atoms with van der Waals surface area (Å²) in [5.41, 5.74) is 0. The van der Waals surface area contributed by atoms with Crippen molar-refractivity contribution in [2.45, 2.75) is 18.2 Å². The maximum absolute atomic E-state index is 10.8. The molecule has 2 nitrogen and oxygen atoms in total. The van der Waals surface area contributed by atoms with Gasteiger partial charge in [-0.25, -0.2) is 0 Å². The van der Waals surface area contributed by atoms with Gasteiger partial charge in [-0.1, -0.05) is 0 Å². The summed E-state index contributed by atoms with van der Waals surface area (Å²) in [5.74, 6) is 1.46. The Morgan fingerprint density at radius 3 is 3.00 bits per heavy atom. The van der Waals surface area contributed by atoms with E-state index in [2.05, 4.69) is 6.92 Å². The lowest BCUT2D eigenvalue weighted by atomic mass is 10.0. The minimum absolute atomic E-state index is 0.205. The first kappa shape index (κ1) is 5.59. The number of thioether (sulfide) groups is 1. The van der Waals surface area contributed by atoms with Crippen LogP contribution in [0.3, 0.4) is 0 Å². The molecule has 0 N–H and O–H groups in total. The number of carbonyl (C=O) groups excluding carboxylic acids is 1. The van der Waals surface area contributed by atoms with E-state index in [-0.39, 0.29) is 4.87 Å².